The van der Waals surface area contributed by atoms with Crippen LogP contribution >= 0.6 is 22.7 Å². The van der Waals surface area contributed by atoms with Crippen LogP contribution in [0.4, 0.5) is 5.13 Å². The number of hydrogen-bond donors (Lipinski definition) is 1. The van der Waals surface area contributed by atoms with Gasteiger partial charge in [0, 0.05) is 20.3 Å². The molecule has 136 valence electrons. The van der Waals surface area contributed by atoms with Crippen LogP contribution in [0.25, 0.3) is 32.3 Å². The van der Waals surface area contributed by atoms with E-state index in [4.69, 9.17) is 4.42 Å². The number of thiazole rings is 1. The molecule has 2 aromatic carbocycles. The van der Waals surface area contributed by atoms with Crippen LogP contribution in [0.3, 0.4) is 0 Å². The number of hydrazone groups is 1. The van der Waals surface area contributed by atoms with Gasteiger partial charge in [0.05, 0.1) is 17.5 Å². The largest absolute Gasteiger partial charge is 0.422 e. The molecule has 3 heterocycles. The molecule has 0 amide bonds. The van der Waals surface area contributed by atoms with Crippen LogP contribution in [-0.4, -0.2) is 11.2 Å². The quantitative estimate of drug-likeness (QED) is 0.242. The fraction of sp³-hybridized carbons (Fsp3) is 0. The lowest BCUT2D eigenvalue weighted by Crippen LogP contribution is -2.02. The van der Waals surface area contributed by atoms with Gasteiger partial charge in [-0.15, -0.1) is 22.7 Å². The highest BCUT2D eigenvalue weighted by Crippen LogP contribution is 2.26. The number of nitrogens with zero attached hydrogens (tertiary/aromatic N) is 2. The highest BCUT2D eigenvalue weighted by molar-refractivity contribution is 7.20. The lowest BCUT2D eigenvalue weighted by Gasteiger charge is -1.99. The molecule has 5 rings (SSSR count). The molecule has 0 aliphatic carbocycles. The topological polar surface area (TPSA) is 67.5 Å². The Balaban J connectivity index is 1.37. The van der Waals surface area contributed by atoms with Crippen LogP contribution in [0.5, 0.6) is 0 Å². The molecule has 0 radical (unpaired) electrons. The molecule has 1 N–H and O–H groups in total. The molecule has 0 aliphatic heterocycles. The Hall–Kier alpha value is -3.29. The maximum absolute atomic E-state index is 12.3. The summed E-state index contributed by atoms with van der Waals surface area (Å²) >= 11 is 3.06. The van der Waals surface area contributed by atoms with E-state index < -0.39 is 5.63 Å². The van der Waals surface area contributed by atoms with Crippen molar-refractivity contribution < 1.29 is 4.42 Å². The molecule has 3 aromatic heterocycles. The van der Waals surface area contributed by atoms with Crippen molar-refractivity contribution in [3.8, 4) is 11.3 Å². The highest BCUT2D eigenvalue weighted by Gasteiger charge is 2.11. The molecule has 0 unspecified atom stereocenters. The van der Waals surface area contributed by atoms with E-state index in [1.54, 1.807) is 29.7 Å². The molecule has 28 heavy (non-hydrogen) atoms. The average molecular weight is 403 g/mol. The molecular weight excluding hydrogens is 390 g/mol. The fourth-order valence-electron chi connectivity index (χ4n) is 2.91. The van der Waals surface area contributed by atoms with Crippen molar-refractivity contribution in [3.63, 3.8) is 0 Å². The Labute approximate surface area is 167 Å². The van der Waals surface area contributed by atoms with Crippen LogP contribution in [0.15, 0.2) is 80.4 Å². The van der Waals surface area contributed by atoms with E-state index >= 15 is 0 Å². The summed E-state index contributed by atoms with van der Waals surface area (Å²) in [6, 6.07) is 19.5. The smallest absolute Gasteiger partial charge is 0.345 e. The summed E-state index contributed by atoms with van der Waals surface area (Å²) in [4.78, 5) is 17.8. The summed E-state index contributed by atoms with van der Waals surface area (Å²) in [5.74, 6) is 0. The van der Waals surface area contributed by atoms with E-state index in [1.807, 2.05) is 35.7 Å². The molecule has 0 bridgehead atoms. The molecule has 0 fully saturated rings. The summed E-state index contributed by atoms with van der Waals surface area (Å²) in [5, 5.41) is 8.76. The summed E-state index contributed by atoms with van der Waals surface area (Å²) in [7, 11) is 0. The number of para-hydroxylation sites is 1. The van der Waals surface area contributed by atoms with Gasteiger partial charge in [0.1, 0.15) is 5.58 Å². The van der Waals surface area contributed by atoms with Gasteiger partial charge >= 0.3 is 5.63 Å². The Kier molecular flexibility index (Phi) is 4.23. The zero-order valence-corrected chi connectivity index (χ0v) is 16.1. The van der Waals surface area contributed by atoms with E-state index in [9.17, 15) is 4.79 Å². The first-order valence-corrected chi connectivity index (χ1v) is 10.2. The van der Waals surface area contributed by atoms with Crippen LogP contribution in [0.1, 0.15) is 4.88 Å². The van der Waals surface area contributed by atoms with E-state index in [0.29, 0.717) is 22.0 Å². The number of rotatable bonds is 4. The van der Waals surface area contributed by atoms with Crippen LogP contribution < -0.4 is 11.1 Å². The minimum absolute atomic E-state index is 0.399. The SMILES string of the molecule is O=c1oc2ccccc2cc1-c1csc(N/N=C/c2cc3ccccc3s2)n1. The van der Waals surface area contributed by atoms with Gasteiger partial charge in [0.2, 0.25) is 5.13 Å². The van der Waals surface area contributed by atoms with E-state index in [-0.39, 0.29) is 0 Å². The number of nitrogens with one attached hydrogen (secondary N) is 1. The van der Waals surface area contributed by atoms with Gasteiger partial charge in [-0.3, -0.25) is 5.43 Å². The Morgan fingerprint density at radius 2 is 1.86 bits per heavy atom. The minimum Gasteiger partial charge on any atom is -0.422 e. The van der Waals surface area contributed by atoms with Crippen LogP contribution in [0.2, 0.25) is 0 Å². The molecular formula is C21H13N3O2S2. The average Bonchev–Trinajstić information content (AvgIpc) is 3.34. The van der Waals surface area contributed by atoms with Gasteiger partial charge in [-0.25, -0.2) is 9.78 Å². The third-order valence-electron chi connectivity index (χ3n) is 4.22. The number of fused-ring (bicyclic) bond motifs is 2. The number of hydrogen-bond acceptors (Lipinski definition) is 7. The Bertz CT molecular complexity index is 1350. The summed E-state index contributed by atoms with van der Waals surface area (Å²) < 4.78 is 6.61. The Morgan fingerprint density at radius 1 is 1.04 bits per heavy atom. The zero-order valence-electron chi connectivity index (χ0n) is 14.5. The third kappa shape index (κ3) is 3.21. The first-order valence-electron chi connectivity index (χ1n) is 8.53. The number of benzene rings is 2. The molecule has 0 aliphatic rings. The molecule has 0 saturated carbocycles. The molecule has 0 saturated heterocycles. The maximum Gasteiger partial charge on any atom is 0.345 e. The maximum atomic E-state index is 12.3. The summed E-state index contributed by atoms with van der Waals surface area (Å²) in [5.41, 5.74) is 4.12. The molecule has 5 nitrogen and oxygen atoms in total. The molecule has 5 aromatic rings. The van der Waals surface area contributed by atoms with Gasteiger partial charge in [-0.1, -0.05) is 36.4 Å². The predicted octanol–water partition coefficient (Wildman–Crippen LogP) is 5.58. The second-order valence-electron chi connectivity index (χ2n) is 6.08. The standard InChI is InChI=1S/C21H13N3O2S2/c25-20-16(10-13-5-1-3-7-18(13)26-20)17-12-27-21(23-17)24-22-11-15-9-14-6-2-4-8-19(14)28-15/h1-12H,(H,23,24)/b22-11+. The van der Waals surface area contributed by atoms with Crippen molar-refractivity contribution >= 4 is 55.1 Å². The van der Waals surface area contributed by atoms with Gasteiger partial charge in [-0.2, -0.15) is 5.10 Å². The zero-order chi connectivity index (χ0) is 18.9. The van der Waals surface area contributed by atoms with Crippen molar-refractivity contribution in [2.45, 2.75) is 0 Å². The predicted molar refractivity (Wildman–Crippen MR) is 117 cm³/mol. The number of thiophene rings is 1. The number of anilines is 1. The van der Waals surface area contributed by atoms with Crippen molar-refractivity contribution in [2.24, 2.45) is 5.10 Å². The minimum atomic E-state index is -0.399. The molecule has 0 spiro atoms. The first kappa shape index (κ1) is 16.9. The number of aromatic nitrogens is 1. The lowest BCUT2D eigenvalue weighted by molar-refractivity contribution is 0.563. The van der Waals surface area contributed by atoms with E-state index in [1.165, 1.54) is 21.4 Å². The van der Waals surface area contributed by atoms with Gasteiger partial charge in [0.15, 0.2) is 0 Å². The molecule has 0 atom stereocenters. The van der Waals surface area contributed by atoms with E-state index in [2.05, 4.69) is 33.7 Å². The van der Waals surface area contributed by atoms with Crippen LogP contribution in [0, 0.1) is 0 Å². The Morgan fingerprint density at radius 3 is 2.75 bits per heavy atom. The normalized spacial score (nSPS) is 11.6. The first-order chi connectivity index (χ1) is 13.8. The van der Waals surface area contributed by atoms with Crippen molar-refractivity contribution in [1.82, 2.24) is 4.98 Å². The van der Waals surface area contributed by atoms with Crippen molar-refractivity contribution in [2.75, 3.05) is 5.43 Å². The van der Waals surface area contributed by atoms with Gasteiger partial charge in [0.25, 0.3) is 0 Å². The molecule has 7 heteroatoms. The summed E-state index contributed by atoms with van der Waals surface area (Å²) in [6.45, 7) is 0. The van der Waals surface area contributed by atoms with Crippen molar-refractivity contribution in [3.05, 3.63) is 81.3 Å². The second kappa shape index (κ2) is 7.03. The monoisotopic (exact) mass is 403 g/mol. The van der Waals surface area contributed by atoms with Crippen LogP contribution in [-0.2, 0) is 0 Å². The highest BCUT2D eigenvalue weighted by atomic mass is 32.1. The lowest BCUT2D eigenvalue weighted by atomic mass is 10.1. The van der Waals surface area contributed by atoms with E-state index in [0.717, 1.165) is 10.3 Å². The summed E-state index contributed by atoms with van der Waals surface area (Å²) in [6.07, 6.45) is 1.77. The van der Waals surface area contributed by atoms with Crippen molar-refractivity contribution in [1.29, 1.82) is 0 Å². The second-order valence-corrected chi connectivity index (χ2v) is 8.05. The van der Waals surface area contributed by atoms with Gasteiger partial charge in [-0.05, 0) is 29.7 Å². The van der Waals surface area contributed by atoms with Gasteiger partial charge < -0.3 is 4.42 Å². The third-order valence-corrected chi connectivity index (χ3v) is 6.02. The fourth-order valence-corrected chi connectivity index (χ4v) is 4.50.